The van der Waals surface area contributed by atoms with Crippen molar-refractivity contribution in [1.29, 1.82) is 0 Å². The van der Waals surface area contributed by atoms with Crippen LogP contribution in [0, 0.1) is 0 Å². The monoisotopic (exact) mass is 213 g/mol. The Labute approximate surface area is 92.0 Å². The third-order valence-corrected chi connectivity index (χ3v) is 3.88. The molecule has 2 rings (SSSR count). The molecule has 2 aliphatic rings. The van der Waals surface area contributed by atoms with Gasteiger partial charge in [0.25, 0.3) is 0 Å². The number of nitrogens with zero attached hydrogens (tertiary/aromatic N) is 2. The van der Waals surface area contributed by atoms with Crippen LogP contribution in [-0.4, -0.2) is 65.8 Å². The summed E-state index contributed by atoms with van der Waals surface area (Å²) in [6.07, 6.45) is 2.65. The third-order valence-electron chi connectivity index (χ3n) is 3.88. The van der Waals surface area contributed by atoms with Gasteiger partial charge in [-0.25, -0.2) is 0 Å². The zero-order chi connectivity index (χ0) is 10.8. The molecule has 0 amide bonds. The van der Waals surface area contributed by atoms with Crippen molar-refractivity contribution in [2.75, 3.05) is 32.8 Å². The van der Waals surface area contributed by atoms with Crippen LogP contribution >= 0.6 is 0 Å². The van der Waals surface area contributed by atoms with Gasteiger partial charge in [-0.1, -0.05) is 0 Å². The summed E-state index contributed by atoms with van der Waals surface area (Å²) in [5.41, 5.74) is 5.90. The van der Waals surface area contributed by atoms with Crippen LogP contribution in [0.25, 0.3) is 0 Å². The van der Waals surface area contributed by atoms with Gasteiger partial charge in [0.1, 0.15) is 0 Å². The number of aliphatic hydroxyl groups excluding tert-OH is 1. The Bertz CT molecular complexity index is 210. The quantitative estimate of drug-likeness (QED) is 0.662. The summed E-state index contributed by atoms with van der Waals surface area (Å²) in [7, 11) is 0. The van der Waals surface area contributed by atoms with Crippen LogP contribution in [0.4, 0.5) is 0 Å². The molecule has 2 heterocycles. The van der Waals surface area contributed by atoms with Crippen molar-refractivity contribution in [1.82, 2.24) is 9.80 Å². The van der Waals surface area contributed by atoms with Gasteiger partial charge in [0, 0.05) is 37.8 Å². The highest BCUT2D eigenvalue weighted by Gasteiger charge is 2.33. The highest BCUT2D eigenvalue weighted by Crippen LogP contribution is 2.22. The van der Waals surface area contributed by atoms with Crippen molar-refractivity contribution in [2.24, 2.45) is 5.73 Å². The third kappa shape index (κ3) is 2.33. The Morgan fingerprint density at radius 1 is 1.40 bits per heavy atom. The highest BCUT2D eigenvalue weighted by atomic mass is 16.3. The molecule has 0 aliphatic carbocycles. The maximum Gasteiger partial charge on any atom is 0.0601 e. The summed E-state index contributed by atoms with van der Waals surface area (Å²) >= 11 is 0. The first kappa shape index (κ1) is 11.3. The molecule has 0 aromatic carbocycles. The molecule has 3 unspecified atom stereocenters. The predicted octanol–water partition coefficient (Wildman–Crippen LogP) is -0.525. The van der Waals surface area contributed by atoms with E-state index in [2.05, 4.69) is 9.80 Å². The largest absolute Gasteiger partial charge is 0.395 e. The van der Waals surface area contributed by atoms with E-state index in [4.69, 9.17) is 5.73 Å². The predicted molar refractivity (Wildman–Crippen MR) is 60.7 cm³/mol. The molecule has 2 fully saturated rings. The molecule has 0 aromatic rings. The lowest BCUT2D eigenvalue weighted by Crippen LogP contribution is -2.58. The van der Waals surface area contributed by atoms with E-state index in [1.54, 1.807) is 0 Å². The Kier molecular flexibility index (Phi) is 3.61. The van der Waals surface area contributed by atoms with Crippen molar-refractivity contribution < 1.29 is 5.11 Å². The number of rotatable bonds is 3. The number of aliphatic hydroxyl groups is 1. The molecule has 2 saturated heterocycles. The average molecular weight is 213 g/mol. The van der Waals surface area contributed by atoms with Crippen molar-refractivity contribution in [3.63, 3.8) is 0 Å². The van der Waals surface area contributed by atoms with Gasteiger partial charge in [-0.05, 0) is 26.3 Å². The number of hydrogen-bond donors (Lipinski definition) is 2. The van der Waals surface area contributed by atoms with Crippen LogP contribution in [0.15, 0.2) is 0 Å². The second-order valence-electron chi connectivity index (χ2n) is 4.94. The van der Waals surface area contributed by atoms with Gasteiger partial charge in [-0.2, -0.15) is 0 Å². The molecular formula is C11H23N3O. The second kappa shape index (κ2) is 4.78. The molecule has 4 nitrogen and oxygen atoms in total. The van der Waals surface area contributed by atoms with E-state index in [1.807, 2.05) is 6.92 Å². The van der Waals surface area contributed by atoms with Crippen molar-refractivity contribution in [3.05, 3.63) is 0 Å². The van der Waals surface area contributed by atoms with Gasteiger partial charge in [-0.15, -0.1) is 0 Å². The average Bonchev–Trinajstić information content (AvgIpc) is 2.65. The summed E-state index contributed by atoms with van der Waals surface area (Å²) in [6, 6.07) is 0.919. The van der Waals surface area contributed by atoms with Crippen LogP contribution < -0.4 is 5.73 Å². The summed E-state index contributed by atoms with van der Waals surface area (Å²) in [5.74, 6) is 0. The summed E-state index contributed by atoms with van der Waals surface area (Å²) < 4.78 is 0. The van der Waals surface area contributed by atoms with Crippen LogP contribution in [-0.2, 0) is 0 Å². The molecule has 4 heteroatoms. The first-order valence-corrected chi connectivity index (χ1v) is 6.07. The minimum atomic E-state index is 0.0583. The normalized spacial score (nSPS) is 32.6. The smallest absolute Gasteiger partial charge is 0.0601 e. The SMILES string of the molecule is CC(N)C(CO)N1CCN2CCCC2C1. The standard InChI is InChI=1S/C11H23N3O/c1-9(12)11(8-15)14-6-5-13-4-2-3-10(13)7-14/h9-11,15H,2-8,12H2,1H3. The molecule has 2 aliphatic heterocycles. The van der Waals surface area contributed by atoms with Gasteiger partial charge in [0.15, 0.2) is 0 Å². The molecule has 88 valence electrons. The molecule has 3 N–H and O–H groups in total. The lowest BCUT2D eigenvalue weighted by molar-refractivity contribution is 0.0386. The lowest BCUT2D eigenvalue weighted by Gasteiger charge is -2.42. The first-order valence-electron chi connectivity index (χ1n) is 6.07. The Morgan fingerprint density at radius 2 is 2.20 bits per heavy atom. The van der Waals surface area contributed by atoms with E-state index < -0.39 is 0 Å². The fourth-order valence-corrected chi connectivity index (χ4v) is 2.93. The summed E-state index contributed by atoms with van der Waals surface area (Å²) in [5, 5.41) is 9.35. The number of fused-ring (bicyclic) bond motifs is 1. The number of hydrogen-bond acceptors (Lipinski definition) is 4. The van der Waals surface area contributed by atoms with Gasteiger partial charge in [0.2, 0.25) is 0 Å². The van der Waals surface area contributed by atoms with E-state index in [0.717, 1.165) is 19.6 Å². The van der Waals surface area contributed by atoms with E-state index in [-0.39, 0.29) is 18.7 Å². The first-order chi connectivity index (χ1) is 7.22. The summed E-state index contributed by atoms with van der Waals surface area (Å²) in [6.45, 7) is 6.73. The maximum absolute atomic E-state index is 9.35. The topological polar surface area (TPSA) is 52.7 Å². The maximum atomic E-state index is 9.35. The molecule has 0 spiro atoms. The van der Waals surface area contributed by atoms with Crippen LogP contribution in [0.3, 0.4) is 0 Å². The Hall–Kier alpha value is -0.160. The fraction of sp³-hybridized carbons (Fsp3) is 1.00. The number of nitrogens with two attached hydrogens (primary N) is 1. The van der Waals surface area contributed by atoms with Crippen LogP contribution in [0.2, 0.25) is 0 Å². The zero-order valence-corrected chi connectivity index (χ0v) is 9.60. The molecule has 0 aromatic heterocycles. The Morgan fingerprint density at radius 3 is 2.87 bits per heavy atom. The van der Waals surface area contributed by atoms with Gasteiger partial charge in [-0.3, -0.25) is 9.80 Å². The van der Waals surface area contributed by atoms with E-state index in [0.29, 0.717) is 6.04 Å². The molecule has 0 saturated carbocycles. The van der Waals surface area contributed by atoms with Crippen molar-refractivity contribution in [2.45, 2.75) is 37.9 Å². The zero-order valence-electron chi connectivity index (χ0n) is 9.60. The highest BCUT2D eigenvalue weighted by molar-refractivity contribution is 4.91. The van der Waals surface area contributed by atoms with Gasteiger partial charge in [0.05, 0.1) is 6.61 Å². The van der Waals surface area contributed by atoms with Crippen LogP contribution in [0.5, 0.6) is 0 Å². The minimum Gasteiger partial charge on any atom is -0.395 e. The van der Waals surface area contributed by atoms with Gasteiger partial charge >= 0.3 is 0 Å². The van der Waals surface area contributed by atoms with Gasteiger partial charge < -0.3 is 10.8 Å². The molecule has 3 atom stereocenters. The molecule has 15 heavy (non-hydrogen) atoms. The molecule has 0 bridgehead atoms. The van der Waals surface area contributed by atoms with Crippen molar-refractivity contribution >= 4 is 0 Å². The summed E-state index contributed by atoms with van der Waals surface area (Å²) in [4.78, 5) is 4.95. The lowest BCUT2D eigenvalue weighted by atomic mass is 10.1. The number of piperazine rings is 1. The fourth-order valence-electron chi connectivity index (χ4n) is 2.93. The Balaban J connectivity index is 1.93. The van der Waals surface area contributed by atoms with E-state index >= 15 is 0 Å². The van der Waals surface area contributed by atoms with E-state index in [1.165, 1.54) is 19.4 Å². The molecular weight excluding hydrogens is 190 g/mol. The van der Waals surface area contributed by atoms with E-state index in [9.17, 15) is 5.11 Å². The second-order valence-corrected chi connectivity index (χ2v) is 4.94. The molecule has 0 radical (unpaired) electrons. The minimum absolute atomic E-state index is 0.0583. The van der Waals surface area contributed by atoms with Crippen molar-refractivity contribution in [3.8, 4) is 0 Å². The van der Waals surface area contributed by atoms with Crippen LogP contribution in [0.1, 0.15) is 19.8 Å².